The van der Waals surface area contributed by atoms with E-state index in [0.717, 1.165) is 57.8 Å². The summed E-state index contributed by atoms with van der Waals surface area (Å²) in [5, 5.41) is 0. The van der Waals surface area contributed by atoms with Crippen LogP contribution in [0, 0.1) is 0 Å². The molecule has 9 nitrogen and oxygen atoms in total. The standard InChI is InChI=1S/C64H118NO8P/c1-6-8-10-12-14-16-18-20-22-24-26-28-30-31-32-33-35-37-39-41-43-45-47-49-51-53-55-57-64(67)73-62(61-72-74(68,69)71-59-58-65(3,4)5)60-70-63(66)56-54-52-50-48-46-44-42-40-38-36-34-29-27-25-23-21-19-17-15-13-11-9-7-2/h18-21,24-27,30-31,62H,6-17,22-23,28-29,32-61H2,1-5H3/p+1/b20-18-,21-19-,26-24-,27-25-,31-30-. The first kappa shape index (κ1) is 71.7. The number of hydrogen-bond donors (Lipinski definition) is 1. The Hall–Kier alpha value is -2.29. The first-order valence-electron chi connectivity index (χ1n) is 31.0. The van der Waals surface area contributed by atoms with Gasteiger partial charge in [0.05, 0.1) is 27.7 Å². The summed E-state index contributed by atoms with van der Waals surface area (Å²) >= 11 is 0. The van der Waals surface area contributed by atoms with E-state index in [2.05, 4.69) is 74.6 Å². The van der Waals surface area contributed by atoms with Crippen molar-refractivity contribution in [2.24, 2.45) is 0 Å². The molecule has 0 radical (unpaired) electrons. The first-order chi connectivity index (χ1) is 36.0. The molecule has 0 aliphatic heterocycles. The molecule has 2 unspecified atom stereocenters. The first-order valence-corrected chi connectivity index (χ1v) is 32.5. The topological polar surface area (TPSA) is 108 Å². The fourth-order valence-electron chi connectivity index (χ4n) is 8.70. The molecule has 1 N–H and O–H groups in total. The van der Waals surface area contributed by atoms with E-state index < -0.39 is 26.5 Å². The molecule has 74 heavy (non-hydrogen) atoms. The number of allylic oxidation sites excluding steroid dienone is 10. The molecule has 0 bridgehead atoms. The van der Waals surface area contributed by atoms with Crippen molar-refractivity contribution in [3.8, 4) is 0 Å². The van der Waals surface area contributed by atoms with Crippen molar-refractivity contribution >= 4 is 19.8 Å². The Bertz CT molecular complexity index is 1430. The second kappa shape index (κ2) is 55.5. The molecule has 0 aromatic rings. The Labute approximate surface area is 457 Å². The number of likely N-dealkylation sites (N-methyl/N-ethyl adjacent to an activating group) is 1. The number of phosphoric acid groups is 1. The van der Waals surface area contributed by atoms with Crippen molar-refractivity contribution in [3.63, 3.8) is 0 Å². The molecule has 0 aliphatic carbocycles. The summed E-state index contributed by atoms with van der Waals surface area (Å²) in [6.45, 7) is 4.44. The van der Waals surface area contributed by atoms with Crippen LogP contribution in [0.2, 0.25) is 0 Å². The van der Waals surface area contributed by atoms with Crippen LogP contribution in [0.25, 0.3) is 0 Å². The number of ether oxygens (including phenoxy) is 2. The monoisotopic (exact) mass is 1060 g/mol. The summed E-state index contributed by atoms with van der Waals surface area (Å²) < 4.78 is 34.6. The maximum absolute atomic E-state index is 12.8. The minimum atomic E-state index is -4.39. The smallest absolute Gasteiger partial charge is 0.462 e. The minimum absolute atomic E-state index is 0.0300. The molecule has 2 atom stereocenters. The van der Waals surface area contributed by atoms with Gasteiger partial charge in [0.15, 0.2) is 6.10 Å². The van der Waals surface area contributed by atoms with Crippen LogP contribution in [0.3, 0.4) is 0 Å². The normalized spacial score (nSPS) is 13.6. The van der Waals surface area contributed by atoms with Crippen LogP contribution >= 0.6 is 7.82 Å². The number of unbranched alkanes of at least 4 members (excludes halogenated alkanes) is 33. The van der Waals surface area contributed by atoms with Crippen molar-refractivity contribution in [2.45, 2.75) is 290 Å². The molecule has 0 aliphatic rings. The SMILES string of the molecule is CCCCCCC/C=C\C/C=C\C/C=C\CCCCCCCCCCCCCCC(=O)OC(COC(=O)CCCCCCCCCCCCC/C=C\C/C=C\CCCCCCC)COP(=O)(O)OCC[N+](C)(C)C. The van der Waals surface area contributed by atoms with Crippen molar-refractivity contribution in [2.75, 3.05) is 47.5 Å². The third-order valence-corrected chi connectivity index (χ3v) is 14.5. The van der Waals surface area contributed by atoms with Gasteiger partial charge in [0.25, 0.3) is 0 Å². The third-order valence-electron chi connectivity index (χ3n) is 13.5. The summed E-state index contributed by atoms with van der Waals surface area (Å²) in [6.07, 6.45) is 71.5. The van der Waals surface area contributed by atoms with Crippen LogP contribution in [-0.2, 0) is 32.7 Å². The molecule has 0 spiro atoms. The number of rotatable bonds is 57. The van der Waals surface area contributed by atoms with Crippen molar-refractivity contribution in [3.05, 3.63) is 60.8 Å². The van der Waals surface area contributed by atoms with Gasteiger partial charge in [0.2, 0.25) is 0 Å². The van der Waals surface area contributed by atoms with Gasteiger partial charge in [-0.25, -0.2) is 4.57 Å². The third kappa shape index (κ3) is 59.0. The van der Waals surface area contributed by atoms with Gasteiger partial charge in [0.1, 0.15) is 19.8 Å². The van der Waals surface area contributed by atoms with Gasteiger partial charge < -0.3 is 18.9 Å². The lowest BCUT2D eigenvalue weighted by Crippen LogP contribution is -2.37. The Morgan fingerprint density at radius 3 is 1.08 bits per heavy atom. The minimum Gasteiger partial charge on any atom is -0.462 e. The fourth-order valence-corrected chi connectivity index (χ4v) is 9.44. The van der Waals surface area contributed by atoms with E-state index in [1.54, 1.807) is 0 Å². The predicted octanol–water partition coefficient (Wildman–Crippen LogP) is 19.5. The highest BCUT2D eigenvalue weighted by Gasteiger charge is 2.27. The molecule has 0 saturated carbocycles. The molecule has 0 aromatic carbocycles. The van der Waals surface area contributed by atoms with Crippen molar-refractivity contribution < 1.29 is 42.1 Å². The van der Waals surface area contributed by atoms with Crippen molar-refractivity contribution in [1.29, 1.82) is 0 Å². The molecular weight excluding hydrogens is 942 g/mol. The van der Waals surface area contributed by atoms with Crippen LogP contribution in [0.5, 0.6) is 0 Å². The quantitative estimate of drug-likeness (QED) is 0.0211. The number of quaternary nitrogens is 1. The summed E-state index contributed by atoms with van der Waals surface area (Å²) in [4.78, 5) is 35.8. The number of esters is 2. The van der Waals surface area contributed by atoms with E-state index in [1.165, 1.54) is 193 Å². The highest BCUT2D eigenvalue weighted by atomic mass is 31.2. The lowest BCUT2D eigenvalue weighted by Gasteiger charge is -2.24. The molecule has 0 amide bonds. The van der Waals surface area contributed by atoms with Crippen LogP contribution in [0.1, 0.15) is 284 Å². The Kier molecular flexibility index (Phi) is 53.7. The maximum atomic E-state index is 12.8. The summed E-state index contributed by atoms with van der Waals surface area (Å²) in [7, 11) is 1.48. The molecule has 0 aromatic heterocycles. The number of hydrogen-bond acceptors (Lipinski definition) is 7. The zero-order valence-corrected chi connectivity index (χ0v) is 50.0. The van der Waals surface area contributed by atoms with Crippen LogP contribution in [0.15, 0.2) is 60.8 Å². The average Bonchev–Trinajstić information content (AvgIpc) is 3.36. The maximum Gasteiger partial charge on any atom is 0.472 e. The second-order valence-corrected chi connectivity index (χ2v) is 23.5. The van der Waals surface area contributed by atoms with E-state index in [1.807, 2.05) is 21.1 Å². The molecule has 0 fully saturated rings. The van der Waals surface area contributed by atoms with E-state index in [0.29, 0.717) is 17.4 Å². The van der Waals surface area contributed by atoms with Gasteiger partial charge in [-0.15, -0.1) is 0 Å². The largest absolute Gasteiger partial charge is 0.472 e. The van der Waals surface area contributed by atoms with Crippen LogP contribution in [0.4, 0.5) is 0 Å². The van der Waals surface area contributed by atoms with Gasteiger partial charge >= 0.3 is 19.8 Å². The second-order valence-electron chi connectivity index (χ2n) is 22.1. The van der Waals surface area contributed by atoms with Gasteiger partial charge in [-0.2, -0.15) is 0 Å². The van der Waals surface area contributed by atoms with Crippen LogP contribution < -0.4 is 0 Å². The summed E-state index contributed by atoms with van der Waals surface area (Å²) in [5.74, 6) is -0.794. The van der Waals surface area contributed by atoms with E-state index >= 15 is 0 Å². The zero-order chi connectivity index (χ0) is 54.2. The number of carbonyl (C=O) groups is 2. The molecule has 0 rings (SSSR count). The molecule has 432 valence electrons. The van der Waals surface area contributed by atoms with E-state index in [4.69, 9.17) is 18.5 Å². The average molecular weight is 1060 g/mol. The van der Waals surface area contributed by atoms with Gasteiger partial charge in [-0.3, -0.25) is 18.6 Å². The lowest BCUT2D eigenvalue weighted by molar-refractivity contribution is -0.870. The Morgan fingerprint density at radius 2 is 0.730 bits per heavy atom. The lowest BCUT2D eigenvalue weighted by atomic mass is 10.0. The summed E-state index contributed by atoms with van der Waals surface area (Å²) in [5.41, 5.74) is 0. The molecule has 0 heterocycles. The molecular formula is C64H119NO8P+. The summed E-state index contributed by atoms with van der Waals surface area (Å²) in [6, 6.07) is 0. The highest BCUT2D eigenvalue weighted by Crippen LogP contribution is 2.43. The number of carbonyl (C=O) groups excluding carboxylic acids is 2. The highest BCUT2D eigenvalue weighted by molar-refractivity contribution is 7.47. The van der Waals surface area contributed by atoms with Crippen molar-refractivity contribution in [1.82, 2.24) is 0 Å². The number of phosphoric ester groups is 1. The number of nitrogens with zero attached hydrogens (tertiary/aromatic N) is 1. The van der Waals surface area contributed by atoms with Gasteiger partial charge in [-0.05, 0) is 83.5 Å². The molecule has 0 saturated heterocycles. The Morgan fingerprint density at radius 1 is 0.419 bits per heavy atom. The van der Waals surface area contributed by atoms with E-state index in [-0.39, 0.29) is 32.0 Å². The Balaban J connectivity index is 4.13. The van der Waals surface area contributed by atoms with E-state index in [9.17, 15) is 19.0 Å². The predicted molar refractivity (Wildman–Crippen MR) is 316 cm³/mol. The molecule has 10 heteroatoms. The zero-order valence-electron chi connectivity index (χ0n) is 49.1. The fraction of sp³-hybridized carbons (Fsp3) is 0.812. The van der Waals surface area contributed by atoms with Gasteiger partial charge in [-0.1, -0.05) is 248 Å². The van der Waals surface area contributed by atoms with Crippen LogP contribution in [-0.4, -0.2) is 74.9 Å². The van der Waals surface area contributed by atoms with Gasteiger partial charge in [0, 0.05) is 12.8 Å².